The molecule has 0 atom stereocenters. The molecule has 0 unspecified atom stereocenters. The number of carbonyl (C=O) groups excluding carboxylic acids is 3. The molecule has 0 N–H and O–H groups in total. The Bertz CT molecular complexity index is 770. The fourth-order valence-corrected chi connectivity index (χ4v) is 4.50. The summed E-state index contributed by atoms with van der Waals surface area (Å²) in [7, 11) is 2.06. The fourth-order valence-electron chi connectivity index (χ4n) is 4.50. The Morgan fingerprint density at radius 3 is 2.41 bits per heavy atom. The van der Waals surface area contributed by atoms with Crippen molar-refractivity contribution in [3.8, 4) is 0 Å². The first kappa shape index (κ1) is 18.2. The summed E-state index contributed by atoms with van der Waals surface area (Å²) >= 11 is 0. The van der Waals surface area contributed by atoms with E-state index in [0.29, 0.717) is 23.2 Å². The molecule has 2 fully saturated rings. The molecular weight excluding hydrogens is 342 g/mol. The molecule has 2 heterocycles. The summed E-state index contributed by atoms with van der Waals surface area (Å²) < 4.78 is 0. The standard InChI is InChI=1S/C21H27N3O3/c1-22-10-5-11-23(13-12-22)19(25)15-8-9-17-18(14-15)21(27)24(20(17)26)16-6-3-2-4-7-16/h8-9,14,16H,2-7,10-13H2,1H3. The van der Waals surface area contributed by atoms with E-state index in [1.807, 2.05) is 4.90 Å². The summed E-state index contributed by atoms with van der Waals surface area (Å²) in [5.41, 5.74) is 1.34. The Morgan fingerprint density at radius 2 is 1.63 bits per heavy atom. The van der Waals surface area contributed by atoms with E-state index < -0.39 is 0 Å². The van der Waals surface area contributed by atoms with Gasteiger partial charge in [-0.1, -0.05) is 19.3 Å². The summed E-state index contributed by atoms with van der Waals surface area (Å²) in [5, 5.41) is 0. The van der Waals surface area contributed by atoms with Crippen LogP contribution in [0.25, 0.3) is 0 Å². The number of hydrogen-bond acceptors (Lipinski definition) is 4. The first-order chi connectivity index (χ1) is 13.1. The average Bonchev–Trinajstić information content (AvgIpc) is 2.82. The van der Waals surface area contributed by atoms with Gasteiger partial charge >= 0.3 is 0 Å². The fraction of sp³-hybridized carbons (Fsp3) is 0.571. The zero-order valence-electron chi connectivity index (χ0n) is 15.9. The van der Waals surface area contributed by atoms with Gasteiger partial charge in [0.15, 0.2) is 0 Å². The first-order valence-electron chi connectivity index (χ1n) is 10.1. The molecule has 1 saturated heterocycles. The minimum absolute atomic E-state index is 0.00597. The third-order valence-electron chi connectivity index (χ3n) is 6.11. The number of likely N-dealkylation sites (N-methyl/N-ethyl adjacent to an activating group) is 1. The molecule has 1 saturated carbocycles. The van der Waals surface area contributed by atoms with Gasteiger partial charge in [0, 0.05) is 31.2 Å². The maximum absolute atomic E-state index is 12.9. The number of fused-ring (bicyclic) bond motifs is 1. The minimum Gasteiger partial charge on any atom is -0.337 e. The zero-order chi connectivity index (χ0) is 19.0. The molecule has 0 radical (unpaired) electrons. The number of imide groups is 1. The van der Waals surface area contributed by atoms with Crippen LogP contribution in [0, 0.1) is 0 Å². The van der Waals surface area contributed by atoms with Crippen LogP contribution in [0.4, 0.5) is 0 Å². The van der Waals surface area contributed by atoms with Crippen molar-refractivity contribution in [2.45, 2.75) is 44.6 Å². The van der Waals surface area contributed by atoms with Crippen molar-refractivity contribution in [2.24, 2.45) is 0 Å². The Kier molecular flexibility index (Phi) is 5.00. The van der Waals surface area contributed by atoms with Crippen LogP contribution in [0.1, 0.15) is 69.6 Å². The normalized spacial score (nSPS) is 22.1. The maximum atomic E-state index is 12.9. The van der Waals surface area contributed by atoms with Gasteiger partial charge in [0.25, 0.3) is 17.7 Å². The number of nitrogens with zero attached hydrogens (tertiary/aromatic N) is 3. The highest BCUT2D eigenvalue weighted by Crippen LogP contribution is 2.31. The van der Waals surface area contributed by atoms with Crippen LogP contribution < -0.4 is 0 Å². The molecule has 6 heteroatoms. The van der Waals surface area contributed by atoms with Crippen molar-refractivity contribution in [3.05, 3.63) is 34.9 Å². The van der Waals surface area contributed by atoms with E-state index in [-0.39, 0.29) is 23.8 Å². The Balaban J connectivity index is 1.56. The lowest BCUT2D eigenvalue weighted by Crippen LogP contribution is -2.40. The topological polar surface area (TPSA) is 60.9 Å². The number of amides is 3. The van der Waals surface area contributed by atoms with E-state index in [1.54, 1.807) is 18.2 Å². The zero-order valence-corrected chi connectivity index (χ0v) is 15.9. The summed E-state index contributed by atoms with van der Waals surface area (Å²) in [4.78, 5) is 44.2. The Morgan fingerprint density at radius 1 is 0.889 bits per heavy atom. The SMILES string of the molecule is CN1CCCN(C(=O)c2ccc3c(c2)C(=O)N(C2CCCCC2)C3=O)CC1. The van der Waals surface area contributed by atoms with Crippen LogP contribution in [0.2, 0.25) is 0 Å². The highest BCUT2D eigenvalue weighted by Gasteiger charge is 2.40. The second kappa shape index (κ2) is 7.43. The second-order valence-electron chi connectivity index (χ2n) is 7.98. The van der Waals surface area contributed by atoms with Crippen LogP contribution in [0.5, 0.6) is 0 Å². The summed E-state index contributed by atoms with van der Waals surface area (Å²) in [6.45, 7) is 3.25. The predicted molar refractivity (Wildman–Crippen MR) is 102 cm³/mol. The average molecular weight is 369 g/mol. The molecular formula is C21H27N3O3. The molecule has 4 rings (SSSR count). The van der Waals surface area contributed by atoms with Crippen molar-refractivity contribution in [1.82, 2.24) is 14.7 Å². The lowest BCUT2D eigenvalue weighted by Gasteiger charge is -2.29. The molecule has 6 nitrogen and oxygen atoms in total. The van der Waals surface area contributed by atoms with Gasteiger partial charge < -0.3 is 9.80 Å². The third-order valence-corrected chi connectivity index (χ3v) is 6.11. The summed E-state index contributed by atoms with van der Waals surface area (Å²) in [5.74, 6) is -0.478. The van der Waals surface area contributed by atoms with Gasteiger partial charge in [-0.25, -0.2) is 0 Å². The van der Waals surface area contributed by atoms with Crippen LogP contribution in [-0.2, 0) is 0 Å². The Hall–Kier alpha value is -2.21. The van der Waals surface area contributed by atoms with E-state index in [2.05, 4.69) is 11.9 Å². The van der Waals surface area contributed by atoms with Crippen LogP contribution >= 0.6 is 0 Å². The quantitative estimate of drug-likeness (QED) is 0.751. The molecule has 0 spiro atoms. The first-order valence-corrected chi connectivity index (χ1v) is 10.1. The highest BCUT2D eigenvalue weighted by atomic mass is 16.2. The summed E-state index contributed by atoms with van der Waals surface area (Å²) in [6.07, 6.45) is 6.01. The molecule has 1 aromatic rings. The van der Waals surface area contributed by atoms with Crippen LogP contribution in [0.15, 0.2) is 18.2 Å². The molecule has 144 valence electrons. The molecule has 1 aliphatic carbocycles. The van der Waals surface area contributed by atoms with E-state index >= 15 is 0 Å². The second-order valence-corrected chi connectivity index (χ2v) is 7.98. The summed E-state index contributed by atoms with van der Waals surface area (Å²) in [6, 6.07) is 5.00. The van der Waals surface area contributed by atoms with Crippen LogP contribution in [-0.4, -0.2) is 71.7 Å². The van der Waals surface area contributed by atoms with Crippen molar-refractivity contribution >= 4 is 17.7 Å². The van der Waals surface area contributed by atoms with E-state index in [9.17, 15) is 14.4 Å². The van der Waals surface area contributed by atoms with E-state index in [4.69, 9.17) is 0 Å². The van der Waals surface area contributed by atoms with Gasteiger partial charge in [-0.15, -0.1) is 0 Å². The Labute approximate surface area is 160 Å². The highest BCUT2D eigenvalue weighted by molar-refractivity contribution is 6.22. The van der Waals surface area contributed by atoms with Gasteiger partial charge in [-0.2, -0.15) is 0 Å². The van der Waals surface area contributed by atoms with Crippen molar-refractivity contribution in [3.63, 3.8) is 0 Å². The number of benzene rings is 1. The van der Waals surface area contributed by atoms with Crippen molar-refractivity contribution < 1.29 is 14.4 Å². The molecule has 1 aromatic carbocycles. The smallest absolute Gasteiger partial charge is 0.261 e. The maximum Gasteiger partial charge on any atom is 0.261 e. The van der Waals surface area contributed by atoms with Gasteiger partial charge in [-0.3, -0.25) is 19.3 Å². The molecule has 3 aliphatic rings. The van der Waals surface area contributed by atoms with Crippen LogP contribution in [0.3, 0.4) is 0 Å². The van der Waals surface area contributed by atoms with E-state index in [0.717, 1.165) is 51.7 Å². The van der Waals surface area contributed by atoms with Gasteiger partial charge in [-0.05, 0) is 51.1 Å². The number of hydrogen-bond donors (Lipinski definition) is 0. The van der Waals surface area contributed by atoms with Gasteiger partial charge in [0.1, 0.15) is 0 Å². The lowest BCUT2D eigenvalue weighted by molar-refractivity contribution is 0.0548. The van der Waals surface area contributed by atoms with Crippen molar-refractivity contribution in [1.29, 1.82) is 0 Å². The third kappa shape index (κ3) is 3.38. The number of rotatable bonds is 2. The molecule has 0 bridgehead atoms. The number of carbonyl (C=O) groups is 3. The molecule has 3 amide bonds. The van der Waals surface area contributed by atoms with Crippen molar-refractivity contribution in [2.75, 3.05) is 33.2 Å². The largest absolute Gasteiger partial charge is 0.337 e. The van der Waals surface area contributed by atoms with E-state index in [1.165, 1.54) is 11.3 Å². The minimum atomic E-state index is -0.229. The van der Waals surface area contributed by atoms with Gasteiger partial charge in [0.05, 0.1) is 11.1 Å². The molecule has 0 aromatic heterocycles. The molecule has 27 heavy (non-hydrogen) atoms. The monoisotopic (exact) mass is 369 g/mol. The lowest BCUT2D eigenvalue weighted by atomic mass is 9.94. The molecule has 2 aliphatic heterocycles. The predicted octanol–water partition coefficient (Wildman–Crippen LogP) is 2.39. The van der Waals surface area contributed by atoms with Gasteiger partial charge in [0.2, 0.25) is 0 Å².